The van der Waals surface area contributed by atoms with Crippen LogP contribution in [0.2, 0.25) is 0 Å². The van der Waals surface area contributed by atoms with Crippen molar-refractivity contribution in [3.8, 4) is 111 Å². The van der Waals surface area contributed by atoms with E-state index in [4.69, 9.17) is 8.83 Å². The summed E-state index contributed by atoms with van der Waals surface area (Å²) in [5.41, 5.74) is 42.5. The smallest absolute Gasteiger partial charge is 0.136 e. The maximum absolute atomic E-state index is 6.52. The summed E-state index contributed by atoms with van der Waals surface area (Å²) in [5.74, 6) is 0. The Morgan fingerprint density at radius 3 is 0.845 bits per heavy atom. The van der Waals surface area contributed by atoms with E-state index in [2.05, 4.69) is 556 Å². The fourth-order valence-electron chi connectivity index (χ4n) is 23.3. The Hall–Kier alpha value is -18.5. The third-order valence-corrected chi connectivity index (χ3v) is 29.4. The molecule has 0 fully saturated rings. The van der Waals surface area contributed by atoms with Gasteiger partial charge >= 0.3 is 0 Å². The lowest BCUT2D eigenvalue weighted by molar-refractivity contribution is 0.668. The zero-order valence-corrected chi connectivity index (χ0v) is 77.8. The molecule has 25 aromatic rings. The van der Waals surface area contributed by atoms with Crippen molar-refractivity contribution < 1.29 is 8.83 Å². The second kappa shape index (κ2) is 35.6. The minimum Gasteiger partial charge on any atom is -0.456 e. The monoisotopic (exact) mass is 1810 g/mol. The van der Waals surface area contributed by atoms with Gasteiger partial charge in [0.2, 0.25) is 0 Å². The molecule has 2 heterocycles. The lowest BCUT2D eigenvalue weighted by atomic mass is 9.67. The van der Waals surface area contributed by atoms with E-state index in [0.717, 1.165) is 128 Å². The molecule has 0 atom stereocenters. The summed E-state index contributed by atoms with van der Waals surface area (Å²) in [6.45, 7) is 0. The molecule has 27 rings (SSSR count). The predicted molar refractivity (Wildman–Crippen MR) is 592 cm³/mol. The van der Waals surface area contributed by atoms with Gasteiger partial charge in [-0.3, -0.25) is 0 Å². The van der Waals surface area contributed by atoms with Crippen LogP contribution in [0.25, 0.3) is 166 Å². The van der Waals surface area contributed by atoms with Crippen LogP contribution in [0.4, 0.5) is 34.1 Å². The van der Waals surface area contributed by atoms with Crippen molar-refractivity contribution in [2.45, 2.75) is 10.8 Å². The van der Waals surface area contributed by atoms with E-state index in [0.29, 0.717) is 0 Å². The van der Waals surface area contributed by atoms with Gasteiger partial charge < -0.3 is 18.6 Å². The maximum Gasteiger partial charge on any atom is 0.136 e. The Morgan fingerprint density at radius 2 is 0.408 bits per heavy atom. The number of furan rings is 2. The molecule has 0 N–H and O–H groups in total. The zero-order valence-electron chi connectivity index (χ0n) is 77.8. The number of fused-ring (bicyclic) bond motifs is 13. The summed E-state index contributed by atoms with van der Waals surface area (Å²) >= 11 is 0. The first kappa shape index (κ1) is 84.1. The summed E-state index contributed by atoms with van der Waals surface area (Å²) in [7, 11) is 0. The Balaban J connectivity index is 0.000000146. The van der Waals surface area contributed by atoms with Gasteiger partial charge in [-0.15, -0.1) is 0 Å². The van der Waals surface area contributed by atoms with E-state index in [9.17, 15) is 0 Å². The number of nitrogens with zero attached hydrogens (tertiary/aromatic N) is 2. The number of anilines is 6. The van der Waals surface area contributed by atoms with Gasteiger partial charge in [0.05, 0.1) is 39.3 Å². The van der Waals surface area contributed by atoms with E-state index >= 15 is 0 Å². The number of hydrogen-bond acceptors (Lipinski definition) is 4. The maximum atomic E-state index is 6.52. The highest BCUT2D eigenvalue weighted by atomic mass is 16.3. The average molecular weight is 1810 g/mol. The van der Waals surface area contributed by atoms with Crippen molar-refractivity contribution in [1.29, 1.82) is 0 Å². The number of rotatable bonds is 18. The summed E-state index contributed by atoms with van der Waals surface area (Å²) < 4.78 is 13.0. The molecule has 2 aliphatic rings. The molecule has 666 valence electrons. The summed E-state index contributed by atoms with van der Waals surface area (Å²) in [4.78, 5) is 4.98. The van der Waals surface area contributed by atoms with E-state index in [1.807, 2.05) is 12.1 Å². The summed E-state index contributed by atoms with van der Waals surface area (Å²) in [6.07, 6.45) is 0. The molecule has 23 aromatic carbocycles. The molecule has 4 heteroatoms. The molecule has 2 aromatic heterocycles. The molecule has 0 aliphatic heterocycles. The minimum absolute atomic E-state index is 0.527. The lowest BCUT2D eigenvalue weighted by Crippen LogP contribution is -2.28. The van der Waals surface area contributed by atoms with Crippen molar-refractivity contribution in [1.82, 2.24) is 0 Å². The first-order valence-electron chi connectivity index (χ1n) is 48.9. The third kappa shape index (κ3) is 14.0. The third-order valence-electron chi connectivity index (χ3n) is 29.4. The summed E-state index contributed by atoms with van der Waals surface area (Å²) in [5, 5.41) is 6.92. The van der Waals surface area contributed by atoms with Crippen LogP contribution in [0.3, 0.4) is 0 Å². The van der Waals surface area contributed by atoms with E-state index in [1.165, 1.54) is 116 Å². The largest absolute Gasteiger partial charge is 0.456 e. The Kier molecular flexibility index (Phi) is 21.1. The molecule has 0 spiro atoms. The van der Waals surface area contributed by atoms with Crippen molar-refractivity contribution in [2.75, 3.05) is 9.80 Å². The van der Waals surface area contributed by atoms with E-state index < -0.39 is 10.8 Å². The molecule has 0 saturated carbocycles. The normalized spacial score (nSPS) is 12.5. The molecule has 0 unspecified atom stereocenters. The van der Waals surface area contributed by atoms with Gasteiger partial charge in [-0.1, -0.05) is 491 Å². The van der Waals surface area contributed by atoms with Crippen LogP contribution in [0.5, 0.6) is 0 Å². The highest BCUT2D eigenvalue weighted by Gasteiger charge is 2.49. The van der Waals surface area contributed by atoms with Crippen LogP contribution in [0.1, 0.15) is 44.5 Å². The predicted octanol–water partition coefficient (Wildman–Crippen LogP) is 37.3. The quantitative estimate of drug-likeness (QED) is 0.0857. The Bertz CT molecular complexity index is 8990. The van der Waals surface area contributed by atoms with Gasteiger partial charge in [-0.05, 0) is 205 Å². The fraction of sp³-hybridized carbons (Fsp3) is 0.0145. The average Bonchev–Trinajstić information content (AvgIpc) is 1.53. The Morgan fingerprint density at radius 1 is 0.148 bits per heavy atom. The van der Waals surface area contributed by atoms with Gasteiger partial charge in [0.15, 0.2) is 0 Å². The SMILES string of the molecule is c1ccc(-c2ccc(-c3ccccc3N(c3ccccc3-c3cccc4c3-c3ccccc3C4(c3ccccc3)c3ccccc3)c3ccccc3-c3cccc4oc5ccccc5c34)cc2)cc1.c1ccc(C2(c3ccccc3)c3ccccc3-c3c(-c4ccccc4N(c4ccc(-c5ccc(-c6cccc7ccccc67)cc5)cc4)c4ccccc4-c4cccc5oc6ccccc6c45)cccc32)cc1. The first-order valence-corrected chi connectivity index (χ1v) is 48.9. The van der Waals surface area contributed by atoms with Gasteiger partial charge in [0.25, 0.3) is 0 Å². The van der Waals surface area contributed by atoms with Crippen molar-refractivity contribution >= 4 is 88.8 Å². The van der Waals surface area contributed by atoms with Gasteiger partial charge in [0, 0.05) is 55.0 Å². The molecule has 4 nitrogen and oxygen atoms in total. The topological polar surface area (TPSA) is 32.8 Å². The summed E-state index contributed by atoms with van der Waals surface area (Å²) in [6, 6.07) is 203. The first-order chi connectivity index (χ1) is 70.5. The van der Waals surface area contributed by atoms with Crippen molar-refractivity contribution in [3.63, 3.8) is 0 Å². The highest BCUT2D eigenvalue weighted by Crippen LogP contribution is 2.63. The molecule has 0 amide bonds. The van der Waals surface area contributed by atoms with Crippen LogP contribution in [-0.2, 0) is 10.8 Å². The molecule has 0 bridgehead atoms. The number of hydrogen-bond donors (Lipinski definition) is 0. The van der Waals surface area contributed by atoms with Crippen LogP contribution < -0.4 is 9.80 Å². The standard InChI is InChI=1S/C71H47NO.C67H45NO/c1-3-22-52(23-4-1)71(53-24-5-2-6-25-53)63-34-13-9-29-61(63)69-59(32-18-35-64(69)71)57-27-10-14-36-65(57)72(66-37-15-11-28-58(66)60-33-19-39-68-70(60)62-30-12-16-38-67(62)73-68)54-46-44-49(45-47-54)48-40-42-51(43-41-48)56-31-17-21-50-20-7-8-26-55(50)56;1-4-22-46(23-5-1)47-42-44-48(45-43-47)51-28-11-16-37-60(51)68(62-39-18-13-30-53(62)55-34-21-41-64-66(55)57-32-14-19-40-63(57)69-64)61-38-17-12-29-52(61)54-33-20-36-59-65(54)56-31-10-15-35-58(56)67(59,49-24-6-2-7-25-49)50-26-8-3-9-27-50/h1-47H;1-45H. The van der Waals surface area contributed by atoms with Crippen LogP contribution in [0.15, 0.2) is 567 Å². The molecular weight excluding hydrogens is 1720 g/mol. The van der Waals surface area contributed by atoms with Crippen LogP contribution >= 0.6 is 0 Å². The van der Waals surface area contributed by atoms with Crippen molar-refractivity contribution in [2.24, 2.45) is 0 Å². The molecule has 142 heavy (non-hydrogen) atoms. The van der Waals surface area contributed by atoms with Crippen molar-refractivity contribution in [3.05, 3.63) is 603 Å². The number of para-hydroxylation sites is 7. The van der Waals surface area contributed by atoms with E-state index in [-0.39, 0.29) is 0 Å². The second-order valence-electron chi connectivity index (χ2n) is 36.9. The lowest BCUT2D eigenvalue weighted by Gasteiger charge is -2.34. The second-order valence-corrected chi connectivity index (χ2v) is 36.9. The van der Waals surface area contributed by atoms with Crippen LogP contribution in [0, 0.1) is 0 Å². The minimum atomic E-state index is -0.531. The number of benzene rings is 23. The van der Waals surface area contributed by atoms with Gasteiger partial charge in [0.1, 0.15) is 22.3 Å². The molecule has 0 saturated heterocycles. The zero-order chi connectivity index (χ0) is 94.0. The Labute approximate surface area is 826 Å². The van der Waals surface area contributed by atoms with Gasteiger partial charge in [-0.2, -0.15) is 0 Å². The molecule has 2 aliphatic carbocycles. The van der Waals surface area contributed by atoms with Gasteiger partial charge in [-0.25, -0.2) is 0 Å². The molecular formula is C138H92N2O2. The molecule has 0 radical (unpaired) electrons. The highest BCUT2D eigenvalue weighted by molar-refractivity contribution is 6.17. The van der Waals surface area contributed by atoms with Crippen LogP contribution in [-0.4, -0.2) is 0 Å². The van der Waals surface area contributed by atoms with E-state index in [1.54, 1.807) is 0 Å². The fourth-order valence-corrected chi connectivity index (χ4v) is 23.3.